The molecule has 0 fully saturated rings. The number of furan rings is 1. The first-order valence-corrected chi connectivity index (χ1v) is 3.33. The van der Waals surface area contributed by atoms with E-state index in [9.17, 15) is 0 Å². The third kappa shape index (κ3) is 0.991. The molecule has 0 aromatic carbocycles. The highest BCUT2D eigenvalue weighted by molar-refractivity contribution is 5.76. The molecular formula is C8H7NO2. The van der Waals surface area contributed by atoms with Crippen molar-refractivity contribution in [2.75, 3.05) is 0 Å². The predicted molar refractivity (Wildman–Crippen MR) is 39.9 cm³/mol. The third-order valence-corrected chi connectivity index (χ3v) is 1.53. The molecule has 0 amide bonds. The molecule has 0 radical (unpaired) electrons. The van der Waals surface area contributed by atoms with Crippen LogP contribution in [0.1, 0.15) is 5.76 Å². The van der Waals surface area contributed by atoms with Crippen molar-refractivity contribution in [3.05, 3.63) is 30.3 Å². The lowest BCUT2D eigenvalue weighted by molar-refractivity contribution is 0.251. The summed E-state index contributed by atoms with van der Waals surface area (Å²) in [5.41, 5.74) is 0.719. The van der Waals surface area contributed by atoms with Crippen LogP contribution in [0.25, 0.3) is 11.0 Å². The van der Waals surface area contributed by atoms with Gasteiger partial charge in [0.2, 0.25) is 0 Å². The molecule has 2 heterocycles. The molecule has 0 aliphatic rings. The van der Waals surface area contributed by atoms with Crippen molar-refractivity contribution in [2.24, 2.45) is 0 Å². The minimum atomic E-state index is -0.0608. The fraction of sp³-hybridized carbons (Fsp3) is 0.125. The molecule has 0 unspecified atom stereocenters. The first-order chi connectivity index (χ1) is 5.40. The highest BCUT2D eigenvalue weighted by atomic mass is 16.4. The van der Waals surface area contributed by atoms with E-state index < -0.39 is 0 Å². The van der Waals surface area contributed by atoms with Crippen LogP contribution in [0.2, 0.25) is 0 Å². The van der Waals surface area contributed by atoms with E-state index >= 15 is 0 Å². The fourth-order valence-electron chi connectivity index (χ4n) is 1.02. The van der Waals surface area contributed by atoms with Gasteiger partial charge in [0.25, 0.3) is 0 Å². The molecule has 0 bridgehead atoms. The molecule has 0 spiro atoms. The minimum absolute atomic E-state index is 0.0608. The van der Waals surface area contributed by atoms with Crippen molar-refractivity contribution in [3.8, 4) is 0 Å². The molecule has 2 aromatic heterocycles. The van der Waals surface area contributed by atoms with E-state index in [1.165, 1.54) is 0 Å². The van der Waals surface area contributed by atoms with Crippen LogP contribution in [-0.4, -0.2) is 10.1 Å². The zero-order valence-electron chi connectivity index (χ0n) is 5.82. The zero-order chi connectivity index (χ0) is 7.68. The van der Waals surface area contributed by atoms with Crippen molar-refractivity contribution in [3.63, 3.8) is 0 Å². The summed E-state index contributed by atoms with van der Waals surface area (Å²) in [5.74, 6) is 0.577. The van der Waals surface area contributed by atoms with E-state index in [0.29, 0.717) is 5.76 Å². The van der Waals surface area contributed by atoms with Gasteiger partial charge in [-0.25, -0.2) is 0 Å². The molecule has 2 rings (SSSR count). The molecule has 0 aliphatic heterocycles. The second-order valence-electron chi connectivity index (χ2n) is 2.28. The molecular weight excluding hydrogens is 142 g/mol. The van der Waals surface area contributed by atoms with Gasteiger partial charge in [0.15, 0.2) is 5.58 Å². The fourth-order valence-corrected chi connectivity index (χ4v) is 1.02. The Morgan fingerprint density at radius 3 is 3.18 bits per heavy atom. The molecule has 3 nitrogen and oxygen atoms in total. The average Bonchev–Trinajstić information content (AvgIpc) is 2.46. The van der Waals surface area contributed by atoms with Gasteiger partial charge in [0.05, 0.1) is 6.20 Å². The molecule has 0 atom stereocenters. The summed E-state index contributed by atoms with van der Waals surface area (Å²) >= 11 is 0. The Morgan fingerprint density at radius 2 is 2.45 bits per heavy atom. The third-order valence-electron chi connectivity index (χ3n) is 1.53. The molecule has 2 aromatic rings. The van der Waals surface area contributed by atoms with E-state index in [2.05, 4.69) is 4.98 Å². The van der Waals surface area contributed by atoms with E-state index in [0.717, 1.165) is 11.0 Å². The predicted octanol–water partition coefficient (Wildman–Crippen LogP) is 1.32. The maximum absolute atomic E-state index is 8.72. The average molecular weight is 149 g/mol. The van der Waals surface area contributed by atoms with Gasteiger partial charge in [0.1, 0.15) is 12.4 Å². The van der Waals surface area contributed by atoms with Gasteiger partial charge in [-0.15, -0.1) is 0 Å². The number of aliphatic hydroxyl groups excluding tert-OH is 1. The Morgan fingerprint density at radius 1 is 1.55 bits per heavy atom. The van der Waals surface area contributed by atoms with Crippen LogP contribution in [0.3, 0.4) is 0 Å². The van der Waals surface area contributed by atoms with Gasteiger partial charge in [-0.2, -0.15) is 0 Å². The van der Waals surface area contributed by atoms with Crippen molar-refractivity contribution in [1.29, 1.82) is 0 Å². The van der Waals surface area contributed by atoms with E-state index in [1.807, 2.05) is 6.07 Å². The Labute approximate surface area is 63.3 Å². The smallest absolute Gasteiger partial charge is 0.152 e. The van der Waals surface area contributed by atoms with Crippen molar-refractivity contribution < 1.29 is 9.52 Å². The maximum Gasteiger partial charge on any atom is 0.152 e. The summed E-state index contributed by atoms with van der Waals surface area (Å²) in [4.78, 5) is 3.89. The van der Waals surface area contributed by atoms with Crippen LogP contribution in [0.15, 0.2) is 28.9 Å². The van der Waals surface area contributed by atoms with Crippen LogP contribution in [-0.2, 0) is 6.61 Å². The standard InChI is InChI=1S/C8H7NO2/c10-5-7-3-6-1-2-9-4-8(6)11-7/h1-4,10H,5H2. The van der Waals surface area contributed by atoms with Gasteiger partial charge >= 0.3 is 0 Å². The van der Waals surface area contributed by atoms with Crippen LogP contribution in [0.4, 0.5) is 0 Å². The van der Waals surface area contributed by atoms with Crippen molar-refractivity contribution >= 4 is 11.0 Å². The largest absolute Gasteiger partial charge is 0.457 e. The van der Waals surface area contributed by atoms with Gasteiger partial charge in [-0.1, -0.05) is 0 Å². The Bertz CT molecular complexity index is 334. The SMILES string of the molecule is OCc1cc2ccncc2o1. The number of aromatic nitrogens is 1. The Kier molecular flexibility index (Phi) is 1.36. The molecule has 0 saturated carbocycles. The molecule has 11 heavy (non-hydrogen) atoms. The summed E-state index contributed by atoms with van der Waals surface area (Å²) in [6, 6.07) is 3.65. The molecule has 0 saturated heterocycles. The molecule has 56 valence electrons. The summed E-state index contributed by atoms with van der Waals surface area (Å²) < 4.78 is 5.20. The number of hydrogen-bond acceptors (Lipinski definition) is 3. The molecule has 3 heteroatoms. The number of pyridine rings is 1. The van der Waals surface area contributed by atoms with E-state index in [4.69, 9.17) is 9.52 Å². The van der Waals surface area contributed by atoms with Crippen molar-refractivity contribution in [1.82, 2.24) is 4.98 Å². The Hall–Kier alpha value is -1.35. The minimum Gasteiger partial charge on any atom is -0.457 e. The molecule has 0 aliphatic carbocycles. The normalized spacial score (nSPS) is 10.6. The van der Waals surface area contributed by atoms with E-state index in [-0.39, 0.29) is 6.61 Å². The number of rotatable bonds is 1. The lowest BCUT2D eigenvalue weighted by Crippen LogP contribution is -1.72. The zero-order valence-corrected chi connectivity index (χ0v) is 5.82. The van der Waals surface area contributed by atoms with Gasteiger partial charge in [0, 0.05) is 11.6 Å². The summed E-state index contributed by atoms with van der Waals surface area (Å²) in [6.07, 6.45) is 3.33. The van der Waals surface area contributed by atoms with Crippen LogP contribution < -0.4 is 0 Å². The number of hydrogen-bond donors (Lipinski definition) is 1. The second kappa shape index (κ2) is 2.36. The first-order valence-electron chi connectivity index (χ1n) is 3.33. The summed E-state index contributed by atoms with van der Waals surface area (Å²) in [7, 11) is 0. The van der Waals surface area contributed by atoms with E-state index in [1.54, 1.807) is 18.5 Å². The summed E-state index contributed by atoms with van der Waals surface area (Å²) in [5, 5.41) is 9.70. The quantitative estimate of drug-likeness (QED) is 0.665. The lowest BCUT2D eigenvalue weighted by atomic mass is 10.3. The second-order valence-corrected chi connectivity index (χ2v) is 2.28. The Balaban J connectivity index is 2.69. The van der Waals surface area contributed by atoms with Gasteiger partial charge in [-0.3, -0.25) is 4.98 Å². The van der Waals surface area contributed by atoms with Crippen LogP contribution in [0.5, 0.6) is 0 Å². The maximum atomic E-state index is 8.72. The van der Waals surface area contributed by atoms with Gasteiger partial charge < -0.3 is 9.52 Å². The lowest BCUT2D eigenvalue weighted by Gasteiger charge is -1.83. The first kappa shape index (κ1) is 6.37. The number of fused-ring (bicyclic) bond motifs is 1. The number of aliphatic hydroxyl groups is 1. The van der Waals surface area contributed by atoms with Crippen LogP contribution >= 0.6 is 0 Å². The monoisotopic (exact) mass is 149 g/mol. The topological polar surface area (TPSA) is 46.3 Å². The summed E-state index contributed by atoms with van der Waals surface area (Å²) in [6.45, 7) is -0.0608. The highest BCUT2D eigenvalue weighted by Gasteiger charge is 2.00. The highest BCUT2D eigenvalue weighted by Crippen LogP contribution is 2.16. The van der Waals surface area contributed by atoms with Crippen LogP contribution in [0, 0.1) is 0 Å². The van der Waals surface area contributed by atoms with Crippen molar-refractivity contribution in [2.45, 2.75) is 6.61 Å². The van der Waals surface area contributed by atoms with Gasteiger partial charge in [-0.05, 0) is 12.1 Å². The molecule has 1 N–H and O–H groups in total. The number of nitrogens with zero attached hydrogens (tertiary/aromatic N) is 1.